The van der Waals surface area contributed by atoms with E-state index in [-0.39, 0.29) is 23.1 Å². The molecule has 2 aromatic carbocycles. The van der Waals surface area contributed by atoms with Crippen molar-refractivity contribution < 1.29 is 31.5 Å². The Bertz CT molecular complexity index is 1330. The van der Waals surface area contributed by atoms with Crippen molar-refractivity contribution in [1.29, 1.82) is 0 Å². The van der Waals surface area contributed by atoms with Crippen LogP contribution in [-0.4, -0.2) is 83.6 Å². The molecule has 0 saturated carbocycles. The molecule has 198 valence electrons. The summed E-state index contributed by atoms with van der Waals surface area (Å²) in [6.45, 7) is 1.67. The summed E-state index contributed by atoms with van der Waals surface area (Å²) in [5, 5.41) is 13.9. The molecule has 1 aliphatic rings. The summed E-state index contributed by atoms with van der Waals surface area (Å²) in [5.74, 6) is 0.0296. The van der Waals surface area contributed by atoms with Crippen molar-refractivity contribution >= 4 is 48.8 Å². The highest BCUT2D eigenvalue weighted by molar-refractivity contribution is 7.93. The van der Waals surface area contributed by atoms with Gasteiger partial charge in [0.15, 0.2) is 19.7 Å². The molecule has 1 fully saturated rings. The Morgan fingerprint density at radius 2 is 1.67 bits per heavy atom. The highest BCUT2D eigenvalue weighted by atomic mass is 35.5. The Morgan fingerprint density at radius 3 is 2.25 bits per heavy atom. The molecule has 3 rings (SSSR count). The van der Waals surface area contributed by atoms with Crippen LogP contribution in [0.2, 0.25) is 10.0 Å². The Kier molecular flexibility index (Phi) is 9.29. The molecule has 0 bridgehead atoms. The Hall–Kier alpha value is -1.89. The van der Waals surface area contributed by atoms with Crippen LogP contribution >= 0.6 is 23.2 Å². The second-order valence-electron chi connectivity index (χ2n) is 8.76. The molecular formula is C23H28Cl2N2O7S2. The first-order valence-electron chi connectivity index (χ1n) is 11.1. The zero-order valence-electron chi connectivity index (χ0n) is 19.8. The highest BCUT2D eigenvalue weighted by Gasteiger charge is 2.24. The number of carbonyl (C=O) groups excluding carboxylic acids is 1. The number of likely N-dealkylation sites (tertiary alicyclic amines) is 1. The molecule has 1 heterocycles. The summed E-state index contributed by atoms with van der Waals surface area (Å²) < 4.78 is 53.9. The van der Waals surface area contributed by atoms with Crippen LogP contribution in [0.15, 0.2) is 46.2 Å². The van der Waals surface area contributed by atoms with E-state index >= 15 is 0 Å². The number of halogens is 2. The van der Waals surface area contributed by atoms with Crippen molar-refractivity contribution in [3.05, 3.63) is 52.0 Å². The lowest BCUT2D eigenvalue weighted by atomic mass is 10.1. The summed E-state index contributed by atoms with van der Waals surface area (Å²) in [7, 11) is -7.69. The summed E-state index contributed by atoms with van der Waals surface area (Å²) in [5.41, 5.74) is -0.0182. The maximum absolute atomic E-state index is 12.5. The molecule has 1 amide bonds. The fourth-order valence-corrected chi connectivity index (χ4v) is 6.58. The number of hydrogen-bond donors (Lipinski definition) is 2. The van der Waals surface area contributed by atoms with Crippen LogP contribution in [0.4, 0.5) is 0 Å². The van der Waals surface area contributed by atoms with Gasteiger partial charge in [-0.3, -0.25) is 4.79 Å². The number of piperidine rings is 1. The van der Waals surface area contributed by atoms with Crippen molar-refractivity contribution in [3.63, 3.8) is 0 Å². The molecule has 0 aliphatic carbocycles. The molecule has 1 aliphatic heterocycles. The van der Waals surface area contributed by atoms with Crippen molar-refractivity contribution in [2.45, 2.75) is 34.8 Å². The maximum Gasteiger partial charge on any atom is 0.251 e. The van der Waals surface area contributed by atoms with E-state index in [9.17, 15) is 26.7 Å². The van der Waals surface area contributed by atoms with E-state index in [1.807, 2.05) is 0 Å². The quantitative estimate of drug-likeness (QED) is 0.464. The van der Waals surface area contributed by atoms with Crippen LogP contribution < -0.4 is 10.1 Å². The van der Waals surface area contributed by atoms with Crippen molar-refractivity contribution in [2.75, 3.05) is 38.7 Å². The zero-order chi connectivity index (χ0) is 26.7. The first kappa shape index (κ1) is 28.7. The third-order valence-electron chi connectivity index (χ3n) is 5.70. The lowest BCUT2D eigenvalue weighted by Gasteiger charge is -2.33. The molecule has 13 heteroatoms. The number of rotatable bonds is 9. The van der Waals surface area contributed by atoms with Gasteiger partial charge in [-0.25, -0.2) is 16.8 Å². The van der Waals surface area contributed by atoms with Crippen LogP contribution in [0.1, 0.15) is 23.2 Å². The monoisotopic (exact) mass is 578 g/mol. The topological polar surface area (TPSA) is 130 Å². The third kappa shape index (κ3) is 7.80. The van der Waals surface area contributed by atoms with E-state index in [1.165, 1.54) is 6.07 Å². The number of aliphatic hydroxyl groups is 1. The lowest BCUT2D eigenvalue weighted by Crippen LogP contribution is -2.45. The van der Waals surface area contributed by atoms with Crippen molar-refractivity contribution in [2.24, 2.45) is 0 Å². The molecule has 2 N–H and O–H groups in total. The molecular weight excluding hydrogens is 551 g/mol. The average molecular weight is 580 g/mol. The number of sulfone groups is 2. The number of nitrogens with one attached hydrogen (secondary N) is 1. The number of amides is 1. The lowest BCUT2D eigenvalue weighted by molar-refractivity contribution is 0.0594. The number of hydrogen-bond acceptors (Lipinski definition) is 8. The fourth-order valence-electron chi connectivity index (χ4n) is 3.87. The van der Waals surface area contributed by atoms with Gasteiger partial charge in [-0.15, -0.1) is 0 Å². The van der Waals surface area contributed by atoms with E-state index in [0.717, 1.165) is 37.5 Å². The van der Waals surface area contributed by atoms with Gasteiger partial charge in [0, 0.05) is 50.3 Å². The summed E-state index contributed by atoms with van der Waals surface area (Å²) in [4.78, 5) is 13.8. The minimum atomic E-state index is -3.89. The third-order valence-corrected chi connectivity index (χ3v) is 8.86. The van der Waals surface area contributed by atoms with Gasteiger partial charge in [-0.2, -0.15) is 0 Å². The number of nitrogens with zero attached hydrogens (tertiary/aromatic N) is 1. The van der Waals surface area contributed by atoms with Gasteiger partial charge in [-0.1, -0.05) is 23.2 Å². The minimum absolute atomic E-state index is 0.00860. The minimum Gasteiger partial charge on any atom is -0.490 e. The number of benzene rings is 2. The van der Waals surface area contributed by atoms with Crippen LogP contribution in [0, 0.1) is 0 Å². The first-order chi connectivity index (χ1) is 16.7. The van der Waals surface area contributed by atoms with Gasteiger partial charge in [0.2, 0.25) is 0 Å². The summed E-state index contributed by atoms with van der Waals surface area (Å²) >= 11 is 12.0. The molecule has 1 atom stereocenters. The number of aliphatic hydroxyl groups excluding tert-OH is 1. The van der Waals surface area contributed by atoms with Gasteiger partial charge in [0.1, 0.15) is 11.9 Å². The van der Waals surface area contributed by atoms with Gasteiger partial charge < -0.3 is 20.1 Å². The Morgan fingerprint density at radius 1 is 1.03 bits per heavy atom. The van der Waals surface area contributed by atoms with Crippen molar-refractivity contribution in [1.82, 2.24) is 10.2 Å². The predicted molar refractivity (Wildman–Crippen MR) is 138 cm³/mol. The molecule has 0 spiro atoms. The Labute approximate surface area is 221 Å². The molecule has 0 radical (unpaired) electrons. The largest absolute Gasteiger partial charge is 0.490 e. The smallest absolute Gasteiger partial charge is 0.251 e. The van der Waals surface area contributed by atoms with Crippen molar-refractivity contribution in [3.8, 4) is 5.75 Å². The Balaban J connectivity index is 1.50. The normalized spacial score (nSPS) is 16.5. The van der Waals surface area contributed by atoms with E-state index < -0.39 is 36.6 Å². The molecule has 0 unspecified atom stereocenters. The van der Waals surface area contributed by atoms with Crippen LogP contribution in [0.5, 0.6) is 5.75 Å². The maximum atomic E-state index is 12.5. The van der Waals surface area contributed by atoms with Gasteiger partial charge in [-0.05, 0) is 43.2 Å². The second kappa shape index (κ2) is 11.7. The number of ether oxygens (including phenoxy) is 1. The van der Waals surface area contributed by atoms with Crippen LogP contribution in [0.25, 0.3) is 0 Å². The number of carbonyl (C=O) groups is 1. The molecule has 2 aromatic rings. The molecule has 0 aromatic heterocycles. The van der Waals surface area contributed by atoms with Crippen LogP contribution in [-0.2, 0) is 19.7 Å². The molecule has 1 saturated heterocycles. The van der Waals surface area contributed by atoms with Gasteiger partial charge >= 0.3 is 0 Å². The van der Waals surface area contributed by atoms with E-state index in [0.29, 0.717) is 35.4 Å². The molecule has 9 nitrogen and oxygen atoms in total. The van der Waals surface area contributed by atoms with Gasteiger partial charge in [0.25, 0.3) is 5.91 Å². The fraction of sp³-hybridized carbons (Fsp3) is 0.435. The number of β-amino-alcohol motifs (C(OH)–C–C–N with tert-alkyl or cyclic N) is 1. The summed E-state index contributed by atoms with van der Waals surface area (Å²) in [6.07, 6.45) is 2.43. The first-order valence-corrected chi connectivity index (χ1v) is 15.6. The second-order valence-corrected chi connectivity index (χ2v) is 13.5. The zero-order valence-corrected chi connectivity index (χ0v) is 22.9. The van der Waals surface area contributed by atoms with E-state index in [2.05, 4.69) is 10.2 Å². The predicted octanol–water partition coefficient (Wildman–Crippen LogP) is 2.43. The molecule has 36 heavy (non-hydrogen) atoms. The SMILES string of the molecule is CS(=O)(=O)c1ccc(C(=O)NC[C@@H](O)CN2CCC(Oc3ccc(Cl)c(Cl)c3)CC2)cc1S(C)(=O)=O. The highest BCUT2D eigenvalue weighted by Crippen LogP contribution is 2.28. The average Bonchev–Trinajstić information content (AvgIpc) is 2.79. The van der Waals surface area contributed by atoms with Gasteiger partial charge in [0.05, 0.1) is 25.9 Å². The van der Waals surface area contributed by atoms with E-state index in [4.69, 9.17) is 27.9 Å². The van der Waals surface area contributed by atoms with Crippen LogP contribution in [0.3, 0.4) is 0 Å². The summed E-state index contributed by atoms with van der Waals surface area (Å²) in [6, 6.07) is 8.50. The standard InChI is InChI=1S/C23H28Cl2N2O7S2/c1-35(30,31)21-6-3-15(11-22(21)36(2,32)33)23(29)26-13-16(28)14-27-9-7-17(8-10-27)34-18-4-5-19(24)20(25)12-18/h3-6,11-12,16-17,28H,7-10,13-14H2,1-2H3,(H,26,29)/t16-/m1/s1. The van der Waals surface area contributed by atoms with E-state index in [1.54, 1.807) is 18.2 Å².